The Hall–Kier alpha value is -3.06. The quantitative estimate of drug-likeness (QED) is 0.416. The Morgan fingerprint density at radius 2 is 1.64 bits per heavy atom. The maximum Gasteiger partial charge on any atom is 0.190 e. The molecule has 0 radical (unpaired) electrons. The lowest BCUT2D eigenvalue weighted by Crippen LogP contribution is -2.02. The molecule has 0 atom stereocenters. The van der Waals surface area contributed by atoms with Gasteiger partial charge in [-0.1, -0.05) is 60.3 Å². The van der Waals surface area contributed by atoms with Crippen LogP contribution in [0.5, 0.6) is 0 Å². The van der Waals surface area contributed by atoms with E-state index in [9.17, 15) is 0 Å². The van der Waals surface area contributed by atoms with Crippen molar-refractivity contribution in [3.05, 3.63) is 66.9 Å². The first-order chi connectivity index (χ1) is 12.4. The molecule has 0 aliphatic heterocycles. The Labute approximate surface area is 149 Å². The van der Waals surface area contributed by atoms with Crippen LogP contribution in [-0.2, 0) is 0 Å². The van der Waals surface area contributed by atoms with Crippen LogP contribution in [0, 0.1) is 0 Å². The Balaban J connectivity index is 1.92. The molecule has 0 unspecified atom stereocenters. The first-order valence-electron chi connectivity index (χ1n) is 7.67. The summed E-state index contributed by atoms with van der Waals surface area (Å²) in [5.74, 6) is 0.609. The summed E-state index contributed by atoms with van der Waals surface area (Å²) >= 11 is 1.50. The molecule has 0 spiro atoms. The minimum atomic E-state index is 0.609. The third-order valence-electron chi connectivity index (χ3n) is 3.71. The molecule has 2 aromatic heterocycles. The summed E-state index contributed by atoms with van der Waals surface area (Å²) in [7, 11) is 0. The Morgan fingerprint density at radius 1 is 0.920 bits per heavy atom. The standard InChI is InChI=1S/C18H14N6S/c1-25-18-19-12-15(16(20-18)13-8-4-2-5-9-13)17-21-22-23-24(17)14-10-6-3-7-11-14/h2-12H,1H3. The zero-order valence-electron chi connectivity index (χ0n) is 13.4. The highest BCUT2D eigenvalue weighted by Gasteiger charge is 2.18. The second kappa shape index (κ2) is 6.82. The van der Waals surface area contributed by atoms with E-state index >= 15 is 0 Å². The van der Waals surface area contributed by atoms with Gasteiger partial charge in [-0.25, -0.2) is 9.97 Å². The molecular weight excluding hydrogens is 332 g/mol. The molecule has 122 valence electrons. The first-order valence-corrected chi connectivity index (χ1v) is 8.90. The average Bonchev–Trinajstić information content (AvgIpc) is 3.18. The van der Waals surface area contributed by atoms with E-state index in [4.69, 9.17) is 4.98 Å². The van der Waals surface area contributed by atoms with Crippen LogP contribution in [0.15, 0.2) is 72.0 Å². The van der Waals surface area contributed by atoms with Crippen LogP contribution in [-0.4, -0.2) is 36.4 Å². The van der Waals surface area contributed by atoms with Gasteiger partial charge in [0.15, 0.2) is 11.0 Å². The van der Waals surface area contributed by atoms with Crippen LogP contribution in [0.1, 0.15) is 0 Å². The Kier molecular flexibility index (Phi) is 4.22. The van der Waals surface area contributed by atoms with Crippen LogP contribution >= 0.6 is 11.8 Å². The highest BCUT2D eigenvalue weighted by molar-refractivity contribution is 7.98. The van der Waals surface area contributed by atoms with Gasteiger partial charge in [-0.05, 0) is 28.8 Å². The summed E-state index contributed by atoms with van der Waals surface area (Å²) in [6, 6.07) is 19.8. The van der Waals surface area contributed by atoms with Gasteiger partial charge in [0.05, 0.1) is 16.9 Å². The van der Waals surface area contributed by atoms with Crippen molar-refractivity contribution < 1.29 is 0 Å². The van der Waals surface area contributed by atoms with Gasteiger partial charge in [-0.3, -0.25) is 0 Å². The van der Waals surface area contributed by atoms with Crippen LogP contribution in [0.25, 0.3) is 28.3 Å². The molecule has 4 aromatic rings. The van der Waals surface area contributed by atoms with Crippen molar-refractivity contribution in [2.24, 2.45) is 0 Å². The number of nitrogens with zero attached hydrogens (tertiary/aromatic N) is 6. The number of hydrogen-bond acceptors (Lipinski definition) is 6. The molecule has 0 aliphatic carbocycles. The normalized spacial score (nSPS) is 10.8. The minimum absolute atomic E-state index is 0.609. The smallest absolute Gasteiger partial charge is 0.190 e. The predicted molar refractivity (Wildman–Crippen MR) is 97.4 cm³/mol. The molecule has 0 saturated heterocycles. The fourth-order valence-electron chi connectivity index (χ4n) is 2.54. The van der Waals surface area contributed by atoms with Crippen molar-refractivity contribution in [1.29, 1.82) is 0 Å². The zero-order valence-corrected chi connectivity index (χ0v) is 14.3. The number of para-hydroxylation sites is 1. The van der Waals surface area contributed by atoms with Gasteiger partial charge in [-0.15, -0.1) is 5.10 Å². The molecule has 4 rings (SSSR count). The van der Waals surface area contributed by atoms with Crippen molar-refractivity contribution in [1.82, 2.24) is 30.2 Å². The number of aromatic nitrogens is 6. The number of hydrogen-bond donors (Lipinski definition) is 0. The third-order valence-corrected chi connectivity index (χ3v) is 4.27. The van der Waals surface area contributed by atoms with Crippen molar-refractivity contribution in [3.63, 3.8) is 0 Å². The number of benzene rings is 2. The highest BCUT2D eigenvalue weighted by Crippen LogP contribution is 2.30. The monoisotopic (exact) mass is 346 g/mol. The van der Waals surface area contributed by atoms with Gasteiger partial charge < -0.3 is 0 Å². The van der Waals surface area contributed by atoms with E-state index in [1.165, 1.54) is 11.8 Å². The SMILES string of the molecule is CSc1ncc(-c2nnnn2-c2ccccc2)c(-c2ccccc2)n1. The van der Waals surface area contributed by atoms with E-state index in [0.29, 0.717) is 11.0 Å². The fraction of sp³-hybridized carbons (Fsp3) is 0.0556. The molecule has 0 aliphatic rings. The summed E-state index contributed by atoms with van der Waals surface area (Å²) in [5.41, 5.74) is 3.48. The zero-order chi connectivity index (χ0) is 17.1. The average molecular weight is 346 g/mol. The summed E-state index contributed by atoms with van der Waals surface area (Å²) in [6.07, 6.45) is 3.74. The minimum Gasteiger partial charge on any atom is -0.230 e. The molecule has 0 bridgehead atoms. The molecule has 0 fully saturated rings. The molecule has 2 aromatic carbocycles. The molecule has 0 saturated carbocycles. The van der Waals surface area contributed by atoms with Crippen molar-refractivity contribution in [2.75, 3.05) is 6.26 Å². The Morgan fingerprint density at radius 3 is 2.36 bits per heavy atom. The van der Waals surface area contributed by atoms with Crippen LogP contribution in [0.4, 0.5) is 0 Å². The van der Waals surface area contributed by atoms with Gasteiger partial charge in [0.25, 0.3) is 0 Å². The summed E-state index contributed by atoms with van der Waals surface area (Å²) in [4.78, 5) is 9.11. The molecule has 25 heavy (non-hydrogen) atoms. The molecule has 0 N–H and O–H groups in total. The summed E-state index contributed by atoms with van der Waals surface area (Å²) in [5, 5.41) is 12.9. The highest BCUT2D eigenvalue weighted by atomic mass is 32.2. The first kappa shape index (κ1) is 15.5. The second-order valence-corrected chi connectivity index (χ2v) is 6.01. The Bertz CT molecular complexity index is 985. The third kappa shape index (κ3) is 3.01. The maximum absolute atomic E-state index is 4.70. The van der Waals surface area contributed by atoms with Gasteiger partial charge in [0.1, 0.15) is 0 Å². The van der Waals surface area contributed by atoms with Crippen molar-refractivity contribution in [3.8, 4) is 28.3 Å². The van der Waals surface area contributed by atoms with E-state index in [0.717, 1.165) is 22.5 Å². The van der Waals surface area contributed by atoms with E-state index in [2.05, 4.69) is 20.5 Å². The molecule has 6 nitrogen and oxygen atoms in total. The molecule has 7 heteroatoms. The molecular formula is C18H14N6S. The maximum atomic E-state index is 4.70. The largest absolute Gasteiger partial charge is 0.230 e. The molecule has 0 amide bonds. The summed E-state index contributed by atoms with van der Waals surface area (Å²) < 4.78 is 1.70. The van der Waals surface area contributed by atoms with Gasteiger partial charge in [0, 0.05) is 11.8 Å². The lowest BCUT2D eigenvalue weighted by atomic mass is 10.1. The van der Waals surface area contributed by atoms with E-state index in [1.807, 2.05) is 66.9 Å². The lowest BCUT2D eigenvalue weighted by molar-refractivity contribution is 0.791. The summed E-state index contributed by atoms with van der Waals surface area (Å²) in [6.45, 7) is 0. The number of thioether (sulfide) groups is 1. The van der Waals surface area contributed by atoms with Gasteiger partial charge in [0.2, 0.25) is 0 Å². The topological polar surface area (TPSA) is 69.4 Å². The van der Waals surface area contributed by atoms with Gasteiger partial charge >= 0.3 is 0 Å². The van der Waals surface area contributed by atoms with Gasteiger partial charge in [-0.2, -0.15) is 4.68 Å². The van der Waals surface area contributed by atoms with Crippen LogP contribution in [0.2, 0.25) is 0 Å². The lowest BCUT2D eigenvalue weighted by Gasteiger charge is -2.10. The van der Waals surface area contributed by atoms with Crippen LogP contribution < -0.4 is 0 Å². The second-order valence-electron chi connectivity index (χ2n) is 5.23. The van der Waals surface area contributed by atoms with Crippen molar-refractivity contribution in [2.45, 2.75) is 5.16 Å². The van der Waals surface area contributed by atoms with E-state index < -0.39 is 0 Å². The number of rotatable bonds is 4. The van der Waals surface area contributed by atoms with Crippen molar-refractivity contribution >= 4 is 11.8 Å². The number of tetrazole rings is 1. The van der Waals surface area contributed by atoms with Crippen LogP contribution in [0.3, 0.4) is 0 Å². The predicted octanol–water partition coefficient (Wildman–Crippen LogP) is 3.51. The fourth-order valence-corrected chi connectivity index (χ4v) is 2.88. The van der Waals surface area contributed by atoms with E-state index in [1.54, 1.807) is 10.9 Å². The molecule has 2 heterocycles. The van der Waals surface area contributed by atoms with E-state index in [-0.39, 0.29) is 0 Å².